The number of rotatable bonds is 4. The molecule has 0 aliphatic heterocycles. The van der Waals surface area contributed by atoms with Crippen molar-refractivity contribution in [2.24, 2.45) is 5.92 Å². The molecule has 0 spiro atoms. The van der Waals surface area contributed by atoms with Gasteiger partial charge in [-0.1, -0.05) is 0 Å². The molecule has 1 heterocycles. The first-order valence-corrected chi connectivity index (χ1v) is 7.21. The van der Waals surface area contributed by atoms with Gasteiger partial charge in [-0.25, -0.2) is 0 Å². The Morgan fingerprint density at radius 1 is 1.56 bits per heavy atom. The number of anilines is 1. The van der Waals surface area contributed by atoms with E-state index in [1.807, 2.05) is 24.6 Å². The number of amides is 1. The van der Waals surface area contributed by atoms with Crippen molar-refractivity contribution >= 4 is 22.2 Å². The molecule has 0 radical (unpaired) electrons. The number of thiophene rings is 1. The maximum Gasteiger partial charge on any atom is 0.228 e. The van der Waals surface area contributed by atoms with Crippen molar-refractivity contribution < 1.29 is 9.90 Å². The van der Waals surface area contributed by atoms with Crippen LogP contribution in [0, 0.1) is 5.92 Å². The van der Waals surface area contributed by atoms with E-state index in [9.17, 15) is 9.90 Å². The van der Waals surface area contributed by atoms with Gasteiger partial charge in [-0.3, -0.25) is 4.79 Å². The lowest BCUT2D eigenvalue weighted by atomic mass is 9.76. The summed E-state index contributed by atoms with van der Waals surface area (Å²) >= 11 is 1.54. The van der Waals surface area contributed by atoms with E-state index in [2.05, 4.69) is 10.6 Å². The lowest BCUT2D eigenvalue weighted by Gasteiger charge is -2.38. The van der Waals surface area contributed by atoms with Gasteiger partial charge >= 0.3 is 0 Å². The Labute approximate surface area is 111 Å². The highest BCUT2D eigenvalue weighted by Crippen LogP contribution is 2.32. The summed E-state index contributed by atoms with van der Waals surface area (Å²) in [7, 11) is 1.88. The normalized spacial score (nSPS) is 28.0. The third-order valence-corrected chi connectivity index (χ3v) is 4.70. The second kappa shape index (κ2) is 5.82. The zero-order valence-corrected chi connectivity index (χ0v) is 11.4. The van der Waals surface area contributed by atoms with Gasteiger partial charge in [-0.05, 0) is 50.2 Å². The molecule has 1 aromatic heterocycles. The van der Waals surface area contributed by atoms with E-state index in [1.54, 1.807) is 0 Å². The van der Waals surface area contributed by atoms with E-state index in [0.29, 0.717) is 0 Å². The average Bonchev–Trinajstić information content (AvgIpc) is 2.91. The van der Waals surface area contributed by atoms with Gasteiger partial charge in [0, 0.05) is 11.5 Å². The fourth-order valence-electron chi connectivity index (χ4n) is 2.49. The molecule has 1 saturated carbocycles. The molecule has 2 rings (SSSR count). The molecule has 0 aromatic carbocycles. The lowest BCUT2D eigenvalue weighted by molar-refractivity contribution is -0.121. The summed E-state index contributed by atoms with van der Waals surface area (Å²) in [5.74, 6) is 0.181. The van der Waals surface area contributed by atoms with Gasteiger partial charge in [0.2, 0.25) is 5.91 Å². The molecule has 3 N–H and O–H groups in total. The Morgan fingerprint density at radius 2 is 2.28 bits per heavy atom. The van der Waals surface area contributed by atoms with Crippen molar-refractivity contribution in [3.05, 3.63) is 17.5 Å². The van der Waals surface area contributed by atoms with Crippen LogP contribution in [0.5, 0.6) is 0 Å². The Balaban J connectivity index is 1.87. The van der Waals surface area contributed by atoms with Crippen LogP contribution in [-0.2, 0) is 4.79 Å². The van der Waals surface area contributed by atoms with Gasteiger partial charge in [-0.15, -0.1) is 11.3 Å². The summed E-state index contributed by atoms with van der Waals surface area (Å²) < 4.78 is 0. The Morgan fingerprint density at radius 3 is 2.78 bits per heavy atom. The highest BCUT2D eigenvalue weighted by molar-refractivity contribution is 7.14. The summed E-state index contributed by atoms with van der Waals surface area (Å²) in [5.41, 5.74) is -0.181. The van der Waals surface area contributed by atoms with Crippen LogP contribution < -0.4 is 10.6 Å². The number of hydrogen-bond donors (Lipinski definition) is 3. The van der Waals surface area contributed by atoms with E-state index < -0.39 is 0 Å². The first kappa shape index (κ1) is 13.5. The van der Waals surface area contributed by atoms with Crippen LogP contribution >= 0.6 is 11.3 Å². The van der Waals surface area contributed by atoms with Crippen LogP contribution in [-0.4, -0.2) is 30.2 Å². The predicted octanol–water partition coefficient (Wildman–Crippen LogP) is 1.83. The summed E-state index contributed by atoms with van der Waals surface area (Å²) in [4.78, 5) is 12.1. The summed E-state index contributed by atoms with van der Waals surface area (Å²) in [5, 5.41) is 18.4. The Bertz CT molecular complexity index is 378. The number of carbonyl (C=O) groups excluding carboxylic acids is 1. The molecule has 5 heteroatoms. The third kappa shape index (κ3) is 2.91. The molecule has 1 amide bonds. The summed E-state index contributed by atoms with van der Waals surface area (Å²) in [6.45, 7) is 0.142. The van der Waals surface area contributed by atoms with Gasteiger partial charge < -0.3 is 15.7 Å². The van der Waals surface area contributed by atoms with Crippen LogP contribution in [0.4, 0.5) is 5.00 Å². The SMILES string of the molecule is CNC1(CO)CCC(C(=O)Nc2cccs2)CC1. The Hall–Kier alpha value is -0.910. The molecule has 0 unspecified atom stereocenters. The molecule has 0 bridgehead atoms. The molecule has 4 nitrogen and oxygen atoms in total. The molecular weight excluding hydrogens is 248 g/mol. The zero-order chi connectivity index (χ0) is 13.0. The van der Waals surface area contributed by atoms with Crippen molar-refractivity contribution in [1.29, 1.82) is 0 Å². The molecule has 100 valence electrons. The summed E-state index contributed by atoms with van der Waals surface area (Å²) in [6, 6.07) is 3.84. The van der Waals surface area contributed by atoms with Crippen LogP contribution in [0.15, 0.2) is 17.5 Å². The highest BCUT2D eigenvalue weighted by atomic mass is 32.1. The van der Waals surface area contributed by atoms with Crippen molar-refractivity contribution in [1.82, 2.24) is 5.32 Å². The van der Waals surface area contributed by atoms with Crippen molar-refractivity contribution in [3.8, 4) is 0 Å². The zero-order valence-electron chi connectivity index (χ0n) is 10.6. The topological polar surface area (TPSA) is 61.4 Å². The maximum atomic E-state index is 12.1. The van der Waals surface area contributed by atoms with Crippen LogP contribution in [0.25, 0.3) is 0 Å². The first-order chi connectivity index (χ1) is 8.69. The van der Waals surface area contributed by atoms with Crippen molar-refractivity contribution in [2.75, 3.05) is 19.0 Å². The highest BCUT2D eigenvalue weighted by Gasteiger charge is 2.35. The van der Waals surface area contributed by atoms with Crippen LogP contribution in [0.1, 0.15) is 25.7 Å². The second-order valence-corrected chi connectivity index (χ2v) is 5.88. The molecule has 1 fully saturated rings. The van der Waals surface area contributed by atoms with E-state index in [0.717, 1.165) is 30.7 Å². The minimum atomic E-state index is -0.181. The number of hydrogen-bond acceptors (Lipinski definition) is 4. The molecule has 1 aromatic rings. The van der Waals surface area contributed by atoms with Crippen molar-refractivity contribution in [3.63, 3.8) is 0 Å². The van der Waals surface area contributed by atoms with Gasteiger partial charge in [0.1, 0.15) is 0 Å². The van der Waals surface area contributed by atoms with E-state index in [-0.39, 0.29) is 24.0 Å². The minimum Gasteiger partial charge on any atom is -0.394 e. The van der Waals surface area contributed by atoms with E-state index in [4.69, 9.17) is 0 Å². The van der Waals surface area contributed by atoms with Crippen LogP contribution in [0.2, 0.25) is 0 Å². The largest absolute Gasteiger partial charge is 0.394 e. The fourth-order valence-corrected chi connectivity index (χ4v) is 3.11. The van der Waals surface area contributed by atoms with Crippen LogP contribution in [0.3, 0.4) is 0 Å². The molecule has 1 aliphatic rings. The number of likely N-dealkylation sites (N-methyl/N-ethyl adjacent to an activating group) is 1. The maximum absolute atomic E-state index is 12.1. The number of carbonyl (C=O) groups is 1. The van der Waals surface area contributed by atoms with Gasteiger partial charge in [0.15, 0.2) is 0 Å². The molecule has 18 heavy (non-hydrogen) atoms. The summed E-state index contributed by atoms with van der Waals surface area (Å²) in [6.07, 6.45) is 3.36. The second-order valence-electron chi connectivity index (χ2n) is 4.93. The average molecular weight is 268 g/mol. The molecule has 0 atom stereocenters. The standard InChI is InChI=1S/C13H20N2O2S/c1-14-13(9-16)6-4-10(5-7-13)12(17)15-11-3-2-8-18-11/h2-3,8,10,14,16H,4-7,9H2,1H3,(H,15,17). The molecular formula is C13H20N2O2S. The number of nitrogens with one attached hydrogen (secondary N) is 2. The van der Waals surface area contributed by atoms with E-state index in [1.165, 1.54) is 11.3 Å². The van der Waals surface area contributed by atoms with Gasteiger partial charge in [0.05, 0.1) is 11.6 Å². The number of aliphatic hydroxyl groups excluding tert-OH is 1. The quantitative estimate of drug-likeness (QED) is 0.780. The fraction of sp³-hybridized carbons (Fsp3) is 0.615. The Kier molecular flexibility index (Phi) is 4.37. The lowest BCUT2D eigenvalue weighted by Crippen LogP contribution is -2.50. The van der Waals surface area contributed by atoms with E-state index >= 15 is 0 Å². The smallest absolute Gasteiger partial charge is 0.228 e. The monoisotopic (exact) mass is 268 g/mol. The minimum absolute atomic E-state index is 0.0696. The molecule has 1 aliphatic carbocycles. The molecule has 0 saturated heterocycles. The van der Waals surface area contributed by atoms with Crippen molar-refractivity contribution in [2.45, 2.75) is 31.2 Å². The predicted molar refractivity (Wildman–Crippen MR) is 73.8 cm³/mol. The van der Waals surface area contributed by atoms with Gasteiger partial charge in [-0.2, -0.15) is 0 Å². The third-order valence-electron chi connectivity index (χ3n) is 3.91. The first-order valence-electron chi connectivity index (χ1n) is 6.33. The number of aliphatic hydroxyl groups is 1. The van der Waals surface area contributed by atoms with Gasteiger partial charge in [0.25, 0.3) is 0 Å².